The number of halogens is 3. The van der Waals surface area contributed by atoms with Crippen LogP contribution in [0.4, 0.5) is 10.8 Å². The van der Waals surface area contributed by atoms with E-state index in [1.807, 2.05) is 84.2 Å². The largest absolute Gasteiger partial charge is 0.488 e. The van der Waals surface area contributed by atoms with Gasteiger partial charge in [-0.15, -0.1) is 11.3 Å². The van der Waals surface area contributed by atoms with Crippen LogP contribution in [-0.4, -0.2) is 17.1 Å². The Labute approximate surface area is 262 Å². The van der Waals surface area contributed by atoms with Crippen LogP contribution < -0.4 is 15.5 Å². The van der Waals surface area contributed by atoms with Crippen molar-refractivity contribution >= 4 is 84.4 Å². The molecule has 1 heterocycles. The standard InChI is InChI=1S/C30H21BrClIN4O2S/c31-23-7-14-28(39-17-19-1-10-25(33)11-2-19)22(15-23)16-34-37-29(38)21-5-3-20(4-6-21)27-18-40-30(36-27)35-26-12-8-24(32)9-13-26/h1-16,18H,17H2,(H,35,36)(H,37,38)/b34-16-. The molecule has 0 atom stereocenters. The smallest absolute Gasteiger partial charge is 0.271 e. The van der Waals surface area contributed by atoms with Gasteiger partial charge in [-0.3, -0.25) is 4.79 Å². The zero-order chi connectivity index (χ0) is 27.9. The van der Waals surface area contributed by atoms with Crippen molar-refractivity contribution in [2.24, 2.45) is 5.10 Å². The molecule has 2 N–H and O–H groups in total. The van der Waals surface area contributed by atoms with Gasteiger partial charge in [-0.2, -0.15) is 5.10 Å². The lowest BCUT2D eigenvalue weighted by Crippen LogP contribution is -2.17. The highest BCUT2D eigenvalue weighted by atomic mass is 127. The van der Waals surface area contributed by atoms with E-state index in [0.717, 1.165) is 37.7 Å². The van der Waals surface area contributed by atoms with Gasteiger partial charge in [0.25, 0.3) is 5.91 Å². The fraction of sp³-hybridized carbons (Fsp3) is 0.0333. The van der Waals surface area contributed by atoms with Crippen LogP contribution in [0.1, 0.15) is 21.5 Å². The van der Waals surface area contributed by atoms with E-state index in [1.165, 1.54) is 14.9 Å². The van der Waals surface area contributed by atoms with E-state index in [-0.39, 0.29) is 5.91 Å². The molecule has 0 bridgehead atoms. The molecule has 0 aliphatic carbocycles. The molecule has 1 amide bonds. The molecule has 0 aliphatic heterocycles. The van der Waals surface area contributed by atoms with Crippen molar-refractivity contribution in [3.63, 3.8) is 0 Å². The van der Waals surface area contributed by atoms with Gasteiger partial charge in [0, 0.05) is 40.8 Å². The van der Waals surface area contributed by atoms with E-state index >= 15 is 0 Å². The fourth-order valence-corrected chi connectivity index (χ4v) is 5.24. The summed E-state index contributed by atoms with van der Waals surface area (Å²) >= 11 is 13.2. The van der Waals surface area contributed by atoms with Crippen molar-refractivity contribution in [2.45, 2.75) is 6.61 Å². The third-order valence-electron chi connectivity index (χ3n) is 5.69. The Hall–Kier alpha value is -3.25. The summed E-state index contributed by atoms with van der Waals surface area (Å²) in [4.78, 5) is 17.3. The number of ether oxygens (including phenoxy) is 1. The van der Waals surface area contributed by atoms with E-state index in [0.29, 0.717) is 22.9 Å². The summed E-state index contributed by atoms with van der Waals surface area (Å²) in [5.74, 6) is 0.347. The number of hydrazone groups is 1. The highest BCUT2D eigenvalue weighted by molar-refractivity contribution is 14.1. The Balaban J connectivity index is 1.19. The minimum atomic E-state index is -0.317. The number of thiazole rings is 1. The molecule has 40 heavy (non-hydrogen) atoms. The second-order valence-corrected chi connectivity index (χ2v) is 12.0. The number of anilines is 2. The maximum atomic E-state index is 12.7. The lowest BCUT2D eigenvalue weighted by molar-refractivity contribution is 0.0955. The summed E-state index contributed by atoms with van der Waals surface area (Å²) in [5, 5.41) is 10.8. The summed E-state index contributed by atoms with van der Waals surface area (Å²) in [6.07, 6.45) is 1.57. The first-order valence-corrected chi connectivity index (χ1v) is 15.1. The van der Waals surface area contributed by atoms with Crippen LogP contribution in [-0.2, 0) is 6.61 Å². The van der Waals surface area contributed by atoms with Gasteiger partial charge in [0.15, 0.2) is 5.13 Å². The Bertz CT molecular complexity index is 1640. The molecule has 0 fully saturated rings. The number of amides is 1. The van der Waals surface area contributed by atoms with Crippen molar-refractivity contribution in [1.82, 2.24) is 10.4 Å². The van der Waals surface area contributed by atoms with E-state index in [9.17, 15) is 4.79 Å². The maximum Gasteiger partial charge on any atom is 0.271 e. The van der Waals surface area contributed by atoms with Crippen LogP contribution in [0.3, 0.4) is 0 Å². The van der Waals surface area contributed by atoms with E-state index in [4.69, 9.17) is 16.3 Å². The molecule has 6 nitrogen and oxygen atoms in total. The molecule has 0 aliphatic rings. The average Bonchev–Trinajstić information content (AvgIpc) is 3.43. The highest BCUT2D eigenvalue weighted by Gasteiger charge is 2.09. The van der Waals surface area contributed by atoms with Crippen LogP contribution in [0.5, 0.6) is 5.75 Å². The number of hydrogen-bond acceptors (Lipinski definition) is 6. The van der Waals surface area contributed by atoms with Crippen molar-refractivity contribution in [3.05, 3.63) is 126 Å². The molecule has 5 rings (SSSR count). The van der Waals surface area contributed by atoms with Crippen molar-refractivity contribution < 1.29 is 9.53 Å². The van der Waals surface area contributed by atoms with Gasteiger partial charge in [0.1, 0.15) is 12.4 Å². The van der Waals surface area contributed by atoms with Crippen LogP contribution in [0, 0.1) is 3.57 Å². The summed E-state index contributed by atoms with van der Waals surface area (Å²) in [7, 11) is 0. The van der Waals surface area contributed by atoms with Crippen LogP contribution in [0.25, 0.3) is 11.3 Å². The molecular formula is C30H21BrClIN4O2S. The molecule has 0 saturated heterocycles. The number of carbonyl (C=O) groups excluding carboxylic acids is 1. The second kappa shape index (κ2) is 13.4. The molecule has 200 valence electrons. The van der Waals surface area contributed by atoms with E-state index in [1.54, 1.807) is 18.3 Å². The number of benzene rings is 4. The Kier molecular flexibility index (Phi) is 9.48. The zero-order valence-electron chi connectivity index (χ0n) is 20.8. The summed E-state index contributed by atoms with van der Waals surface area (Å²) in [6.45, 7) is 0.426. The molecular weight excluding hydrogens is 723 g/mol. The molecule has 4 aromatic carbocycles. The number of carbonyl (C=O) groups is 1. The van der Waals surface area contributed by atoms with Gasteiger partial charge in [-0.1, -0.05) is 51.8 Å². The molecule has 1 aromatic heterocycles. The van der Waals surface area contributed by atoms with Crippen molar-refractivity contribution in [1.29, 1.82) is 0 Å². The molecule has 0 saturated carbocycles. The number of nitrogens with one attached hydrogen (secondary N) is 2. The molecule has 10 heteroatoms. The molecule has 0 spiro atoms. The Morgan fingerprint density at radius 1 is 1.02 bits per heavy atom. The zero-order valence-corrected chi connectivity index (χ0v) is 26.1. The van der Waals surface area contributed by atoms with Crippen molar-refractivity contribution in [3.8, 4) is 17.0 Å². The second-order valence-electron chi connectivity index (χ2n) is 8.54. The first kappa shape index (κ1) is 28.3. The minimum absolute atomic E-state index is 0.317. The highest BCUT2D eigenvalue weighted by Crippen LogP contribution is 2.28. The number of hydrogen-bond donors (Lipinski definition) is 2. The molecule has 5 aromatic rings. The van der Waals surface area contributed by atoms with Crippen LogP contribution >= 0.6 is 61.5 Å². The SMILES string of the molecule is O=C(N/N=C\c1cc(Br)ccc1OCc1ccc(I)cc1)c1ccc(-c2csc(Nc3ccc(Cl)cc3)n2)cc1. The monoisotopic (exact) mass is 742 g/mol. The first-order valence-electron chi connectivity index (χ1n) is 12.0. The van der Waals surface area contributed by atoms with E-state index in [2.05, 4.69) is 59.3 Å². The normalized spacial score (nSPS) is 11.0. The number of rotatable bonds is 9. The number of aromatic nitrogens is 1. The summed E-state index contributed by atoms with van der Waals surface area (Å²) in [6, 6.07) is 28.5. The predicted octanol–water partition coefficient (Wildman–Crippen LogP) is 8.92. The van der Waals surface area contributed by atoms with E-state index < -0.39 is 0 Å². The lowest BCUT2D eigenvalue weighted by Gasteiger charge is -2.10. The van der Waals surface area contributed by atoms with Gasteiger partial charge in [0.2, 0.25) is 0 Å². The number of nitrogens with zero attached hydrogens (tertiary/aromatic N) is 2. The van der Waals surface area contributed by atoms with Gasteiger partial charge >= 0.3 is 0 Å². The van der Waals surface area contributed by atoms with Crippen LogP contribution in [0.15, 0.2) is 106 Å². The third kappa shape index (κ3) is 7.69. The van der Waals surface area contributed by atoms with Gasteiger partial charge in [-0.05, 0) is 94.9 Å². The molecule has 0 radical (unpaired) electrons. The quantitative estimate of drug-likeness (QED) is 0.0899. The van der Waals surface area contributed by atoms with Gasteiger partial charge in [0.05, 0.1) is 11.9 Å². The molecule has 0 unspecified atom stereocenters. The topological polar surface area (TPSA) is 75.6 Å². The fourth-order valence-electron chi connectivity index (χ4n) is 3.63. The Morgan fingerprint density at radius 2 is 1.77 bits per heavy atom. The lowest BCUT2D eigenvalue weighted by atomic mass is 10.1. The van der Waals surface area contributed by atoms with Gasteiger partial charge < -0.3 is 10.1 Å². The third-order valence-corrected chi connectivity index (χ3v) is 7.91. The minimum Gasteiger partial charge on any atom is -0.488 e. The van der Waals surface area contributed by atoms with Gasteiger partial charge in [-0.25, -0.2) is 10.4 Å². The predicted molar refractivity (Wildman–Crippen MR) is 175 cm³/mol. The van der Waals surface area contributed by atoms with Crippen LogP contribution in [0.2, 0.25) is 5.02 Å². The summed E-state index contributed by atoms with van der Waals surface area (Å²) < 4.78 is 8.06. The first-order chi connectivity index (χ1) is 19.4. The average molecular weight is 744 g/mol. The summed E-state index contributed by atoms with van der Waals surface area (Å²) in [5.41, 5.74) is 7.52. The maximum absolute atomic E-state index is 12.7. The van der Waals surface area contributed by atoms with Crippen molar-refractivity contribution in [2.75, 3.05) is 5.32 Å². The Morgan fingerprint density at radius 3 is 2.52 bits per heavy atom.